The van der Waals surface area contributed by atoms with Crippen LogP contribution in [0.1, 0.15) is 51.5 Å². The first-order valence-corrected chi connectivity index (χ1v) is 12.0. The number of nitrogens with zero attached hydrogens (tertiary/aromatic N) is 1. The van der Waals surface area contributed by atoms with E-state index in [0.29, 0.717) is 38.0 Å². The molecule has 0 amide bonds. The first kappa shape index (κ1) is 21.9. The molecule has 164 valence electrons. The topological polar surface area (TPSA) is 40.5 Å². The Hall–Kier alpha value is -2.27. The van der Waals surface area contributed by atoms with Crippen LogP contribution in [0.5, 0.6) is 5.75 Å². The van der Waals surface area contributed by atoms with Gasteiger partial charge in [-0.15, -0.1) is 0 Å². The van der Waals surface area contributed by atoms with E-state index in [9.17, 15) is 4.79 Å². The maximum Gasteiger partial charge on any atom is 0.307 e. The van der Waals surface area contributed by atoms with E-state index in [1.165, 1.54) is 23.8 Å². The van der Waals surface area contributed by atoms with E-state index >= 15 is 0 Å². The highest BCUT2D eigenvalue weighted by Crippen LogP contribution is 2.44. The first-order chi connectivity index (χ1) is 15.0. The van der Waals surface area contributed by atoms with Crippen LogP contribution in [-0.2, 0) is 16.1 Å². The molecule has 4 nitrogen and oxygen atoms in total. The van der Waals surface area contributed by atoms with Gasteiger partial charge in [-0.3, -0.25) is 4.79 Å². The molecule has 0 radical (unpaired) electrons. The van der Waals surface area contributed by atoms with Gasteiger partial charge in [-0.1, -0.05) is 32.0 Å². The molecule has 0 atom stereocenters. The fourth-order valence-corrected chi connectivity index (χ4v) is 4.71. The zero-order valence-corrected chi connectivity index (χ0v) is 20.1. The fourth-order valence-electron chi connectivity index (χ4n) is 3.95. The number of carbonyl (C=O) groups is 1. The molecule has 0 spiro atoms. The summed E-state index contributed by atoms with van der Waals surface area (Å²) in [5.74, 6) is 1.84. The van der Waals surface area contributed by atoms with Crippen LogP contribution in [0.2, 0.25) is 0 Å². The highest BCUT2D eigenvalue weighted by molar-refractivity contribution is 9.10. The Bertz CT molecular complexity index is 1080. The largest absolute Gasteiger partial charge is 0.493 e. The molecular formula is C26H30BrNO3. The molecule has 0 saturated heterocycles. The monoisotopic (exact) mass is 483 g/mol. The van der Waals surface area contributed by atoms with Gasteiger partial charge in [0.2, 0.25) is 0 Å². The standard InChI is InChI=1S/C26H30BrNO3/c1-4-30-24(29)12-13-28-23-11-10-19(18-8-9-18)15-22(23)25(27)26(28)20-6-5-7-21(14-20)31-16-17(2)3/h5-7,10-11,14-15,17-18H,4,8-9,12-13,16H2,1-3H3. The number of carbonyl (C=O) groups excluding carboxylic acids is 1. The molecule has 0 N–H and O–H groups in total. The normalized spacial score (nSPS) is 13.7. The van der Waals surface area contributed by atoms with Crippen molar-refractivity contribution in [1.82, 2.24) is 4.57 Å². The van der Waals surface area contributed by atoms with Crippen LogP contribution < -0.4 is 4.74 Å². The Kier molecular flexibility index (Phi) is 6.71. The van der Waals surface area contributed by atoms with Crippen LogP contribution in [0.15, 0.2) is 46.9 Å². The second kappa shape index (κ2) is 9.47. The minimum Gasteiger partial charge on any atom is -0.493 e. The molecule has 3 aromatic rings. The van der Waals surface area contributed by atoms with Crippen LogP contribution in [-0.4, -0.2) is 23.8 Å². The number of ether oxygens (including phenoxy) is 2. The van der Waals surface area contributed by atoms with Gasteiger partial charge in [-0.05, 0) is 77.4 Å². The van der Waals surface area contributed by atoms with Crippen molar-refractivity contribution in [3.8, 4) is 17.0 Å². The average Bonchev–Trinajstić information content (AvgIpc) is 3.56. The summed E-state index contributed by atoms with van der Waals surface area (Å²) >= 11 is 3.89. The molecule has 0 aliphatic heterocycles. The Balaban J connectivity index is 1.76. The molecule has 1 fully saturated rings. The van der Waals surface area contributed by atoms with Gasteiger partial charge in [-0.25, -0.2) is 0 Å². The molecule has 5 heteroatoms. The number of benzene rings is 2. The smallest absolute Gasteiger partial charge is 0.307 e. The number of hydrogen-bond donors (Lipinski definition) is 0. The molecule has 1 heterocycles. The second-order valence-electron chi connectivity index (χ2n) is 8.65. The molecule has 0 bridgehead atoms. The van der Waals surface area contributed by atoms with Crippen molar-refractivity contribution >= 4 is 32.8 Å². The number of rotatable bonds is 9. The lowest BCUT2D eigenvalue weighted by Gasteiger charge is -2.13. The highest BCUT2D eigenvalue weighted by Gasteiger charge is 2.25. The third-order valence-corrected chi connectivity index (χ3v) is 6.41. The molecule has 2 aromatic carbocycles. The average molecular weight is 484 g/mol. The summed E-state index contributed by atoms with van der Waals surface area (Å²) in [5, 5.41) is 1.19. The maximum atomic E-state index is 12.1. The van der Waals surface area contributed by atoms with Gasteiger partial charge in [0, 0.05) is 23.0 Å². The van der Waals surface area contributed by atoms with E-state index in [2.05, 4.69) is 64.7 Å². The third-order valence-electron chi connectivity index (χ3n) is 5.61. The predicted molar refractivity (Wildman–Crippen MR) is 129 cm³/mol. The van der Waals surface area contributed by atoms with E-state index in [4.69, 9.17) is 9.47 Å². The number of aromatic nitrogens is 1. The van der Waals surface area contributed by atoms with Crippen molar-refractivity contribution in [1.29, 1.82) is 0 Å². The van der Waals surface area contributed by atoms with Crippen molar-refractivity contribution < 1.29 is 14.3 Å². The van der Waals surface area contributed by atoms with Crippen molar-refractivity contribution in [2.24, 2.45) is 5.92 Å². The Labute approximate surface area is 192 Å². The number of halogens is 1. The molecule has 1 aliphatic rings. The summed E-state index contributed by atoms with van der Waals surface area (Å²) in [6.45, 7) is 7.78. The molecular weight excluding hydrogens is 454 g/mol. The Morgan fingerprint density at radius 3 is 2.71 bits per heavy atom. The number of hydrogen-bond acceptors (Lipinski definition) is 3. The maximum absolute atomic E-state index is 12.1. The van der Waals surface area contributed by atoms with E-state index in [0.717, 1.165) is 27.0 Å². The minimum absolute atomic E-state index is 0.171. The molecule has 0 unspecified atom stereocenters. The van der Waals surface area contributed by atoms with Crippen LogP contribution >= 0.6 is 15.9 Å². The Morgan fingerprint density at radius 1 is 1.19 bits per heavy atom. The van der Waals surface area contributed by atoms with Crippen molar-refractivity contribution in [2.75, 3.05) is 13.2 Å². The minimum atomic E-state index is -0.171. The number of esters is 1. The van der Waals surface area contributed by atoms with Crippen LogP contribution in [0, 0.1) is 5.92 Å². The predicted octanol–water partition coefficient (Wildman–Crippen LogP) is 6.94. The van der Waals surface area contributed by atoms with Gasteiger partial charge < -0.3 is 14.0 Å². The molecule has 31 heavy (non-hydrogen) atoms. The second-order valence-corrected chi connectivity index (χ2v) is 9.45. The van der Waals surface area contributed by atoms with Gasteiger partial charge in [0.15, 0.2) is 0 Å². The highest BCUT2D eigenvalue weighted by atomic mass is 79.9. The van der Waals surface area contributed by atoms with E-state index in [1.54, 1.807) is 0 Å². The SMILES string of the molecule is CCOC(=O)CCn1c(-c2cccc(OCC(C)C)c2)c(Br)c2cc(C3CC3)ccc21. The summed E-state index contributed by atoms with van der Waals surface area (Å²) in [7, 11) is 0. The zero-order valence-electron chi connectivity index (χ0n) is 18.5. The van der Waals surface area contributed by atoms with Gasteiger partial charge >= 0.3 is 5.97 Å². The van der Waals surface area contributed by atoms with Crippen LogP contribution in [0.3, 0.4) is 0 Å². The zero-order chi connectivity index (χ0) is 22.0. The lowest BCUT2D eigenvalue weighted by molar-refractivity contribution is -0.143. The van der Waals surface area contributed by atoms with Gasteiger partial charge in [0.25, 0.3) is 0 Å². The summed E-state index contributed by atoms with van der Waals surface area (Å²) in [6, 6.07) is 15.0. The van der Waals surface area contributed by atoms with Gasteiger partial charge in [0.1, 0.15) is 5.75 Å². The van der Waals surface area contributed by atoms with E-state index in [-0.39, 0.29) is 5.97 Å². The van der Waals surface area contributed by atoms with Gasteiger partial charge in [0.05, 0.1) is 29.8 Å². The lowest BCUT2D eigenvalue weighted by atomic mass is 10.1. The van der Waals surface area contributed by atoms with E-state index < -0.39 is 0 Å². The molecule has 1 aliphatic carbocycles. The lowest BCUT2D eigenvalue weighted by Crippen LogP contribution is -2.10. The summed E-state index contributed by atoms with van der Waals surface area (Å²) in [4.78, 5) is 12.1. The van der Waals surface area contributed by atoms with Crippen LogP contribution in [0.4, 0.5) is 0 Å². The summed E-state index contributed by atoms with van der Waals surface area (Å²) < 4.78 is 14.4. The molecule has 1 saturated carbocycles. The quantitative estimate of drug-likeness (QED) is 0.309. The summed E-state index contributed by atoms with van der Waals surface area (Å²) in [6.07, 6.45) is 2.88. The number of fused-ring (bicyclic) bond motifs is 1. The van der Waals surface area contributed by atoms with Crippen molar-refractivity contribution in [2.45, 2.75) is 52.5 Å². The summed E-state index contributed by atoms with van der Waals surface area (Å²) in [5.41, 5.74) is 4.67. The van der Waals surface area contributed by atoms with E-state index in [1.807, 2.05) is 19.1 Å². The third kappa shape index (κ3) is 4.98. The van der Waals surface area contributed by atoms with Crippen molar-refractivity contribution in [3.05, 3.63) is 52.5 Å². The van der Waals surface area contributed by atoms with Crippen LogP contribution in [0.25, 0.3) is 22.2 Å². The fraction of sp³-hybridized carbons (Fsp3) is 0.423. The molecule has 1 aromatic heterocycles. The Morgan fingerprint density at radius 2 is 2.00 bits per heavy atom. The van der Waals surface area contributed by atoms with Crippen molar-refractivity contribution in [3.63, 3.8) is 0 Å². The van der Waals surface area contributed by atoms with Gasteiger partial charge in [-0.2, -0.15) is 0 Å². The number of aryl methyl sites for hydroxylation is 1. The molecule has 4 rings (SSSR count). The first-order valence-electron chi connectivity index (χ1n) is 11.2.